The minimum absolute atomic E-state index is 0.0793. The second kappa shape index (κ2) is 6.32. The van der Waals surface area contributed by atoms with Crippen molar-refractivity contribution in [3.63, 3.8) is 0 Å². The van der Waals surface area contributed by atoms with Gasteiger partial charge in [0.2, 0.25) is 5.91 Å². The van der Waals surface area contributed by atoms with E-state index < -0.39 is 0 Å². The number of phenols is 1. The minimum atomic E-state index is -0.363. The quantitative estimate of drug-likeness (QED) is 0.825. The molecule has 1 spiro atoms. The molecule has 2 fully saturated rings. The van der Waals surface area contributed by atoms with E-state index in [9.17, 15) is 14.7 Å². The average Bonchev–Trinajstić information content (AvgIpc) is 2.65. The molecule has 4 rings (SSSR count). The van der Waals surface area contributed by atoms with Crippen LogP contribution in [-0.2, 0) is 4.79 Å². The highest BCUT2D eigenvalue weighted by molar-refractivity contribution is 6.31. The largest absolute Gasteiger partial charge is 0.508 e. The molecule has 0 radical (unpaired) electrons. The van der Waals surface area contributed by atoms with Crippen molar-refractivity contribution in [2.75, 3.05) is 24.5 Å². The molecule has 2 aromatic carbocycles. The number of carbonyl (C=O) groups is 2. The third-order valence-corrected chi connectivity index (χ3v) is 5.62. The Labute approximate surface area is 156 Å². The Hall–Kier alpha value is -2.53. The van der Waals surface area contributed by atoms with Crippen molar-refractivity contribution in [3.05, 3.63) is 59.1 Å². The van der Waals surface area contributed by atoms with Crippen LogP contribution in [0.4, 0.5) is 5.69 Å². The SMILES string of the molecule is O=C(c1cccc(O)c1)N1CCC2(CC1)CN(c1cccc(Cl)c1)C2=O. The van der Waals surface area contributed by atoms with Crippen LogP contribution in [0.3, 0.4) is 0 Å². The predicted molar refractivity (Wildman–Crippen MR) is 99.5 cm³/mol. The summed E-state index contributed by atoms with van der Waals surface area (Å²) in [6, 6.07) is 13.7. The van der Waals surface area contributed by atoms with Crippen molar-refractivity contribution in [1.82, 2.24) is 4.90 Å². The van der Waals surface area contributed by atoms with Gasteiger partial charge < -0.3 is 14.9 Å². The predicted octanol–water partition coefficient (Wildman–Crippen LogP) is 3.31. The van der Waals surface area contributed by atoms with Crippen LogP contribution in [0.25, 0.3) is 0 Å². The number of rotatable bonds is 2. The molecule has 6 heteroatoms. The Kier molecular flexibility index (Phi) is 4.11. The van der Waals surface area contributed by atoms with Crippen molar-refractivity contribution in [1.29, 1.82) is 0 Å². The van der Waals surface area contributed by atoms with Crippen molar-refractivity contribution < 1.29 is 14.7 Å². The normalized spacial score (nSPS) is 18.7. The number of amides is 2. The van der Waals surface area contributed by atoms with Crippen LogP contribution in [0.2, 0.25) is 5.02 Å². The van der Waals surface area contributed by atoms with Crippen LogP contribution in [0.5, 0.6) is 5.75 Å². The van der Waals surface area contributed by atoms with Gasteiger partial charge in [0.25, 0.3) is 5.91 Å². The maximum absolute atomic E-state index is 12.8. The van der Waals surface area contributed by atoms with E-state index in [1.165, 1.54) is 6.07 Å². The first kappa shape index (κ1) is 16.9. The summed E-state index contributed by atoms with van der Waals surface area (Å²) in [5.41, 5.74) is 0.936. The van der Waals surface area contributed by atoms with E-state index in [4.69, 9.17) is 11.6 Å². The van der Waals surface area contributed by atoms with Crippen LogP contribution >= 0.6 is 11.6 Å². The van der Waals surface area contributed by atoms with E-state index in [0.29, 0.717) is 43.1 Å². The second-order valence-corrected chi connectivity index (χ2v) is 7.43. The Balaban J connectivity index is 1.41. The van der Waals surface area contributed by atoms with Gasteiger partial charge in [-0.2, -0.15) is 0 Å². The number of carbonyl (C=O) groups excluding carboxylic acids is 2. The summed E-state index contributed by atoms with van der Waals surface area (Å²) in [6.45, 7) is 1.76. The van der Waals surface area contributed by atoms with Gasteiger partial charge in [-0.3, -0.25) is 9.59 Å². The zero-order chi connectivity index (χ0) is 18.3. The van der Waals surface area contributed by atoms with Gasteiger partial charge in [0, 0.05) is 35.9 Å². The first-order valence-corrected chi connectivity index (χ1v) is 9.02. The van der Waals surface area contributed by atoms with E-state index in [0.717, 1.165) is 5.69 Å². The zero-order valence-corrected chi connectivity index (χ0v) is 14.9. The number of hydrogen-bond donors (Lipinski definition) is 1. The molecule has 2 aliphatic heterocycles. The molecule has 0 aromatic heterocycles. The van der Waals surface area contributed by atoms with Gasteiger partial charge in [0.1, 0.15) is 5.75 Å². The second-order valence-electron chi connectivity index (χ2n) is 6.99. The Morgan fingerprint density at radius 1 is 1.08 bits per heavy atom. The minimum Gasteiger partial charge on any atom is -0.508 e. The number of nitrogens with zero attached hydrogens (tertiary/aromatic N) is 2. The lowest BCUT2D eigenvalue weighted by atomic mass is 9.70. The van der Waals surface area contributed by atoms with Gasteiger partial charge in [-0.15, -0.1) is 0 Å². The molecular formula is C20H19ClN2O3. The van der Waals surface area contributed by atoms with Crippen LogP contribution in [-0.4, -0.2) is 41.5 Å². The lowest BCUT2D eigenvalue weighted by molar-refractivity contribution is -0.138. The topological polar surface area (TPSA) is 60.9 Å². The first-order chi connectivity index (χ1) is 12.5. The molecule has 2 aromatic rings. The van der Waals surface area contributed by atoms with E-state index in [1.54, 1.807) is 40.1 Å². The molecule has 0 saturated carbocycles. The molecule has 0 bridgehead atoms. The number of β-lactam (4-membered cyclic amide) rings is 1. The van der Waals surface area contributed by atoms with Gasteiger partial charge in [-0.25, -0.2) is 0 Å². The molecular weight excluding hydrogens is 352 g/mol. The lowest BCUT2D eigenvalue weighted by Gasteiger charge is -2.52. The Bertz CT molecular complexity index is 875. The van der Waals surface area contributed by atoms with Gasteiger partial charge in [-0.1, -0.05) is 23.7 Å². The lowest BCUT2D eigenvalue weighted by Crippen LogP contribution is -2.65. The summed E-state index contributed by atoms with van der Waals surface area (Å²) in [7, 11) is 0. The summed E-state index contributed by atoms with van der Waals surface area (Å²) in [6.07, 6.45) is 1.32. The molecule has 2 heterocycles. The molecule has 2 aliphatic rings. The van der Waals surface area contributed by atoms with Crippen LogP contribution in [0.15, 0.2) is 48.5 Å². The smallest absolute Gasteiger partial charge is 0.253 e. The maximum atomic E-state index is 12.8. The number of hydrogen-bond acceptors (Lipinski definition) is 3. The van der Waals surface area contributed by atoms with Gasteiger partial charge in [0.15, 0.2) is 0 Å². The molecule has 134 valence electrons. The molecule has 0 atom stereocenters. The van der Waals surface area contributed by atoms with Crippen molar-refractivity contribution in [2.24, 2.45) is 5.41 Å². The van der Waals surface area contributed by atoms with Crippen LogP contribution in [0.1, 0.15) is 23.2 Å². The molecule has 1 N–H and O–H groups in total. The van der Waals surface area contributed by atoms with E-state index in [2.05, 4.69) is 0 Å². The fourth-order valence-corrected chi connectivity index (χ4v) is 4.01. The standard InChI is InChI=1S/C20H19ClN2O3/c21-15-4-2-5-16(12-15)23-13-20(19(23)26)7-9-22(10-8-20)18(25)14-3-1-6-17(24)11-14/h1-6,11-12,24H,7-10,13H2. The zero-order valence-electron chi connectivity index (χ0n) is 14.2. The van der Waals surface area contributed by atoms with Gasteiger partial charge >= 0.3 is 0 Å². The number of aromatic hydroxyl groups is 1. The summed E-state index contributed by atoms with van der Waals surface area (Å²) in [5.74, 6) is 0.0918. The summed E-state index contributed by atoms with van der Waals surface area (Å²) >= 11 is 6.02. The Morgan fingerprint density at radius 2 is 1.81 bits per heavy atom. The van der Waals surface area contributed by atoms with Crippen LogP contribution < -0.4 is 4.90 Å². The third-order valence-electron chi connectivity index (χ3n) is 5.38. The van der Waals surface area contributed by atoms with Crippen molar-refractivity contribution in [3.8, 4) is 5.75 Å². The maximum Gasteiger partial charge on any atom is 0.253 e. The molecule has 0 aliphatic carbocycles. The number of halogens is 1. The number of piperidine rings is 1. The molecule has 26 heavy (non-hydrogen) atoms. The number of benzene rings is 2. The highest BCUT2D eigenvalue weighted by Crippen LogP contribution is 2.44. The highest BCUT2D eigenvalue weighted by Gasteiger charge is 2.53. The average molecular weight is 371 g/mol. The fraction of sp³-hybridized carbons (Fsp3) is 0.300. The van der Waals surface area contributed by atoms with E-state index in [-0.39, 0.29) is 23.0 Å². The highest BCUT2D eigenvalue weighted by atomic mass is 35.5. The van der Waals surface area contributed by atoms with Gasteiger partial charge in [-0.05, 0) is 49.2 Å². The fourth-order valence-electron chi connectivity index (χ4n) is 3.82. The Morgan fingerprint density at radius 3 is 2.46 bits per heavy atom. The molecule has 0 unspecified atom stereocenters. The third kappa shape index (κ3) is 2.82. The molecule has 2 saturated heterocycles. The number of phenolic OH excluding ortho intramolecular Hbond substituents is 1. The number of anilines is 1. The monoisotopic (exact) mass is 370 g/mol. The number of likely N-dealkylation sites (tertiary alicyclic amines) is 1. The van der Waals surface area contributed by atoms with E-state index in [1.807, 2.05) is 12.1 Å². The summed E-state index contributed by atoms with van der Waals surface area (Å²) in [5, 5.41) is 10.2. The van der Waals surface area contributed by atoms with Crippen LogP contribution in [0, 0.1) is 5.41 Å². The van der Waals surface area contributed by atoms with E-state index >= 15 is 0 Å². The van der Waals surface area contributed by atoms with Crippen molar-refractivity contribution >= 4 is 29.1 Å². The first-order valence-electron chi connectivity index (χ1n) is 8.64. The summed E-state index contributed by atoms with van der Waals surface area (Å²) in [4.78, 5) is 28.9. The van der Waals surface area contributed by atoms with Crippen molar-refractivity contribution in [2.45, 2.75) is 12.8 Å². The molecule has 2 amide bonds. The van der Waals surface area contributed by atoms with Gasteiger partial charge in [0.05, 0.1) is 5.41 Å². The summed E-state index contributed by atoms with van der Waals surface area (Å²) < 4.78 is 0. The molecule has 5 nitrogen and oxygen atoms in total.